The summed E-state index contributed by atoms with van der Waals surface area (Å²) in [6.45, 7) is 4.07. The molecule has 0 bridgehead atoms. The summed E-state index contributed by atoms with van der Waals surface area (Å²) in [6, 6.07) is 6.27. The molecule has 19 heavy (non-hydrogen) atoms. The molecule has 0 heterocycles. The fourth-order valence-electron chi connectivity index (χ4n) is 2.04. The van der Waals surface area contributed by atoms with E-state index in [0.717, 1.165) is 36.6 Å². The third-order valence-corrected chi connectivity index (χ3v) is 3.65. The largest absolute Gasteiger partial charge is 0.372 e. The van der Waals surface area contributed by atoms with Crippen LogP contribution in [0.25, 0.3) is 0 Å². The lowest BCUT2D eigenvalue weighted by Gasteiger charge is -2.26. The Morgan fingerprint density at radius 1 is 1.21 bits per heavy atom. The molecule has 1 atom stereocenters. The van der Waals surface area contributed by atoms with E-state index in [-0.39, 0.29) is 6.04 Å². The molecule has 0 fully saturated rings. The highest BCUT2D eigenvalue weighted by Crippen LogP contribution is 2.30. The third-order valence-electron chi connectivity index (χ3n) is 3.34. The first kappa shape index (κ1) is 16.3. The summed E-state index contributed by atoms with van der Waals surface area (Å²) in [7, 11) is 6.24. The number of anilines is 1. The minimum atomic E-state index is 0.194. The van der Waals surface area contributed by atoms with Crippen LogP contribution in [0, 0.1) is 0 Å². The van der Waals surface area contributed by atoms with Crippen LogP contribution in [0.15, 0.2) is 18.2 Å². The molecule has 108 valence electrons. The zero-order valence-electron chi connectivity index (χ0n) is 12.5. The van der Waals surface area contributed by atoms with Crippen molar-refractivity contribution in [3.8, 4) is 0 Å². The quantitative estimate of drug-likeness (QED) is 0.835. The second-order valence-corrected chi connectivity index (χ2v) is 5.75. The Kier molecular flexibility index (Phi) is 6.63. The van der Waals surface area contributed by atoms with Crippen LogP contribution in [0.5, 0.6) is 0 Å². The number of nitrogens with two attached hydrogens (primary N) is 1. The van der Waals surface area contributed by atoms with Crippen molar-refractivity contribution >= 4 is 17.3 Å². The van der Waals surface area contributed by atoms with E-state index >= 15 is 0 Å². The van der Waals surface area contributed by atoms with Crippen molar-refractivity contribution in [1.29, 1.82) is 0 Å². The van der Waals surface area contributed by atoms with Gasteiger partial charge in [0.25, 0.3) is 0 Å². The molecule has 0 saturated carbocycles. The van der Waals surface area contributed by atoms with E-state index in [9.17, 15) is 0 Å². The molecule has 1 rings (SSSR count). The second-order valence-electron chi connectivity index (χ2n) is 5.34. The van der Waals surface area contributed by atoms with E-state index in [0.29, 0.717) is 0 Å². The van der Waals surface area contributed by atoms with Gasteiger partial charge < -0.3 is 15.5 Å². The average Bonchev–Trinajstić information content (AvgIpc) is 2.36. The Morgan fingerprint density at radius 2 is 1.89 bits per heavy atom. The van der Waals surface area contributed by atoms with Crippen molar-refractivity contribution in [3.63, 3.8) is 0 Å². The van der Waals surface area contributed by atoms with Gasteiger partial charge in [-0.05, 0) is 38.6 Å². The van der Waals surface area contributed by atoms with Gasteiger partial charge >= 0.3 is 0 Å². The van der Waals surface area contributed by atoms with Gasteiger partial charge in [0.2, 0.25) is 0 Å². The summed E-state index contributed by atoms with van der Waals surface area (Å²) in [5.41, 5.74) is 8.44. The highest BCUT2D eigenvalue weighted by molar-refractivity contribution is 6.33. The number of halogens is 1. The van der Waals surface area contributed by atoms with Gasteiger partial charge in [0.1, 0.15) is 0 Å². The first-order valence-electron chi connectivity index (χ1n) is 6.84. The van der Waals surface area contributed by atoms with Crippen molar-refractivity contribution < 1.29 is 0 Å². The van der Waals surface area contributed by atoms with Crippen LogP contribution in [0.4, 0.5) is 5.69 Å². The molecule has 2 N–H and O–H groups in total. The monoisotopic (exact) mass is 283 g/mol. The van der Waals surface area contributed by atoms with Crippen LogP contribution in [0.3, 0.4) is 0 Å². The highest BCUT2D eigenvalue weighted by Gasteiger charge is 2.13. The van der Waals surface area contributed by atoms with Gasteiger partial charge in [-0.3, -0.25) is 0 Å². The van der Waals surface area contributed by atoms with Gasteiger partial charge in [-0.25, -0.2) is 0 Å². The summed E-state index contributed by atoms with van der Waals surface area (Å²) in [6.07, 6.45) is 1.85. The fraction of sp³-hybridized carbons (Fsp3) is 0.600. The van der Waals surface area contributed by atoms with E-state index in [1.54, 1.807) is 0 Å². The molecule has 1 aromatic carbocycles. The molecule has 1 unspecified atom stereocenters. The number of hydrogen-bond donors (Lipinski definition) is 1. The SMILES string of the molecule is CCC(N)Cc1cccc(Cl)c1N(C)CCN(C)C. The maximum absolute atomic E-state index is 6.37. The molecule has 3 nitrogen and oxygen atoms in total. The molecule has 0 saturated heterocycles. The van der Waals surface area contributed by atoms with Crippen LogP contribution in [-0.2, 0) is 6.42 Å². The Morgan fingerprint density at radius 3 is 2.47 bits per heavy atom. The Balaban J connectivity index is 2.90. The molecule has 0 amide bonds. The fourth-order valence-corrected chi connectivity index (χ4v) is 2.38. The maximum atomic E-state index is 6.37. The van der Waals surface area contributed by atoms with Crippen LogP contribution in [-0.4, -0.2) is 45.2 Å². The smallest absolute Gasteiger partial charge is 0.0642 e. The summed E-state index contributed by atoms with van der Waals surface area (Å²) in [5, 5.41) is 0.807. The van der Waals surface area contributed by atoms with Gasteiger partial charge in [0.05, 0.1) is 10.7 Å². The zero-order chi connectivity index (χ0) is 14.4. The van der Waals surface area contributed by atoms with Crippen molar-refractivity contribution in [2.75, 3.05) is 39.1 Å². The van der Waals surface area contributed by atoms with Gasteiger partial charge in [-0.15, -0.1) is 0 Å². The van der Waals surface area contributed by atoms with Crippen LogP contribution >= 0.6 is 11.6 Å². The predicted octanol–water partition coefficient (Wildman–Crippen LogP) is 2.62. The zero-order valence-corrected chi connectivity index (χ0v) is 13.2. The molecule has 0 aliphatic rings. The number of rotatable bonds is 7. The first-order chi connectivity index (χ1) is 8.95. The van der Waals surface area contributed by atoms with Gasteiger partial charge in [0.15, 0.2) is 0 Å². The topological polar surface area (TPSA) is 32.5 Å². The number of nitrogens with zero attached hydrogens (tertiary/aromatic N) is 2. The normalized spacial score (nSPS) is 12.8. The van der Waals surface area contributed by atoms with Crippen molar-refractivity contribution in [3.05, 3.63) is 28.8 Å². The molecule has 0 radical (unpaired) electrons. The summed E-state index contributed by atoms with van der Waals surface area (Å²) in [4.78, 5) is 4.39. The number of hydrogen-bond acceptors (Lipinski definition) is 3. The van der Waals surface area contributed by atoms with E-state index in [1.165, 1.54) is 5.56 Å². The summed E-state index contributed by atoms with van der Waals surface area (Å²) in [5.74, 6) is 0. The number of benzene rings is 1. The lowest BCUT2D eigenvalue weighted by molar-refractivity contribution is 0.416. The van der Waals surface area contributed by atoms with E-state index in [4.69, 9.17) is 17.3 Å². The lowest BCUT2D eigenvalue weighted by Crippen LogP contribution is -2.30. The van der Waals surface area contributed by atoms with E-state index in [2.05, 4.69) is 43.9 Å². The summed E-state index contributed by atoms with van der Waals surface area (Å²) < 4.78 is 0. The van der Waals surface area contributed by atoms with Gasteiger partial charge in [-0.1, -0.05) is 30.7 Å². The molecule has 4 heteroatoms. The van der Waals surface area contributed by atoms with Crippen LogP contribution in [0.1, 0.15) is 18.9 Å². The van der Waals surface area contributed by atoms with E-state index in [1.807, 2.05) is 12.1 Å². The van der Waals surface area contributed by atoms with Gasteiger partial charge in [0, 0.05) is 26.2 Å². The van der Waals surface area contributed by atoms with Crippen LogP contribution in [0.2, 0.25) is 5.02 Å². The average molecular weight is 284 g/mol. The second kappa shape index (κ2) is 7.73. The molecule has 1 aromatic rings. The summed E-state index contributed by atoms with van der Waals surface area (Å²) >= 11 is 6.37. The minimum Gasteiger partial charge on any atom is -0.372 e. The Bertz CT molecular complexity index is 393. The van der Waals surface area contributed by atoms with Crippen LogP contribution < -0.4 is 10.6 Å². The Labute approximate surface area is 122 Å². The molecular weight excluding hydrogens is 258 g/mol. The maximum Gasteiger partial charge on any atom is 0.0642 e. The number of likely N-dealkylation sites (N-methyl/N-ethyl adjacent to an activating group) is 2. The third kappa shape index (κ3) is 5.01. The van der Waals surface area contributed by atoms with E-state index < -0.39 is 0 Å². The molecular formula is C15H26ClN3. The standard InChI is InChI=1S/C15H26ClN3/c1-5-13(17)11-12-7-6-8-14(16)15(12)19(4)10-9-18(2)3/h6-8,13H,5,9-11,17H2,1-4H3. The molecule has 0 spiro atoms. The molecule has 0 aromatic heterocycles. The molecule has 0 aliphatic heterocycles. The predicted molar refractivity (Wildman–Crippen MR) is 85.2 cm³/mol. The van der Waals surface area contributed by atoms with Crippen molar-refractivity contribution in [1.82, 2.24) is 4.90 Å². The van der Waals surface area contributed by atoms with Crippen molar-refractivity contribution in [2.45, 2.75) is 25.8 Å². The van der Waals surface area contributed by atoms with Crippen molar-refractivity contribution in [2.24, 2.45) is 5.73 Å². The van der Waals surface area contributed by atoms with Gasteiger partial charge in [-0.2, -0.15) is 0 Å². The Hall–Kier alpha value is -0.770. The first-order valence-corrected chi connectivity index (χ1v) is 7.22. The minimum absolute atomic E-state index is 0.194. The highest BCUT2D eigenvalue weighted by atomic mass is 35.5. The number of para-hydroxylation sites is 1. The lowest BCUT2D eigenvalue weighted by atomic mass is 10.0. The molecule has 0 aliphatic carbocycles.